The Morgan fingerprint density at radius 3 is 2.54 bits per heavy atom. The summed E-state index contributed by atoms with van der Waals surface area (Å²) in [5.41, 5.74) is 3.62. The van der Waals surface area contributed by atoms with Crippen molar-refractivity contribution < 1.29 is 9.53 Å². The van der Waals surface area contributed by atoms with Gasteiger partial charge in [-0.2, -0.15) is 0 Å². The number of amides is 1. The van der Waals surface area contributed by atoms with Gasteiger partial charge in [-0.1, -0.05) is 48.0 Å². The quantitative estimate of drug-likeness (QED) is 0.573. The van der Waals surface area contributed by atoms with Crippen molar-refractivity contribution in [1.82, 2.24) is 9.47 Å². The maximum absolute atomic E-state index is 12.8. The Morgan fingerprint density at radius 2 is 1.82 bits per heavy atom. The Balaban J connectivity index is 1.67. The van der Waals surface area contributed by atoms with E-state index in [1.165, 1.54) is 11.1 Å². The van der Waals surface area contributed by atoms with E-state index in [1.807, 2.05) is 55.1 Å². The third-order valence-electron chi connectivity index (χ3n) is 4.74. The van der Waals surface area contributed by atoms with Crippen LogP contribution < -0.4 is 4.74 Å². The van der Waals surface area contributed by atoms with E-state index < -0.39 is 0 Å². The molecule has 0 fully saturated rings. The average molecular weight is 377 g/mol. The number of carbonyl (C=O) groups is 1. The normalized spacial score (nSPS) is 10.9. The summed E-state index contributed by atoms with van der Waals surface area (Å²) in [6.45, 7) is 7.58. The molecule has 0 aliphatic rings. The van der Waals surface area contributed by atoms with Crippen molar-refractivity contribution in [3.05, 3.63) is 89.7 Å². The van der Waals surface area contributed by atoms with Crippen LogP contribution in [0, 0.1) is 6.92 Å². The molecule has 0 aliphatic heterocycles. The predicted molar refractivity (Wildman–Crippen MR) is 112 cm³/mol. The van der Waals surface area contributed by atoms with Gasteiger partial charge >= 0.3 is 0 Å². The number of aromatic nitrogens is 1. The van der Waals surface area contributed by atoms with Gasteiger partial charge in [0.1, 0.15) is 5.75 Å². The summed E-state index contributed by atoms with van der Waals surface area (Å²) in [5.74, 6) is 0.699. The second-order valence-corrected chi connectivity index (χ2v) is 7.33. The molecule has 0 aliphatic carbocycles. The molecule has 2 aromatic carbocycles. The van der Waals surface area contributed by atoms with Crippen LogP contribution in [0.1, 0.15) is 30.7 Å². The van der Waals surface area contributed by atoms with Gasteiger partial charge in [0.2, 0.25) is 0 Å². The van der Waals surface area contributed by atoms with Gasteiger partial charge in [0.05, 0.1) is 6.54 Å². The Labute approximate surface area is 167 Å². The van der Waals surface area contributed by atoms with Crippen molar-refractivity contribution in [2.75, 3.05) is 6.61 Å². The van der Waals surface area contributed by atoms with Gasteiger partial charge in [0, 0.05) is 24.5 Å². The zero-order valence-electron chi connectivity index (χ0n) is 16.8. The number of nitrogens with zero attached hydrogens (tertiary/aromatic N) is 2. The molecule has 0 unspecified atom stereocenters. The molecule has 1 aromatic heterocycles. The van der Waals surface area contributed by atoms with Gasteiger partial charge in [-0.3, -0.25) is 4.79 Å². The zero-order valence-corrected chi connectivity index (χ0v) is 16.8. The number of para-hydroxylation sites is 1. The van der Waals surface area contributed by atoms with Gasteiger partial charge in [-0.25, -0.2) is 0 Å². The molecule has 0 N–H and O–H groups in total. The van der Waals surface area contributed by atoms with Crippen molar-refractivity contribution in [3.8, 4) is 5.75 Å². The minimum absolute atomic E-state index is 0.0119. The van der Waals surface area contributed by atoms with E-state index in [0.29, 0.717) is 12.3 Å². The van der Waals surface area contributed by atoms with Crippen LogP contribution in [0.4, 0.5) is 0 Å². The lowest BCUT2D eigenvalue weighted by Crippen LogP contribution is -2.40. The van der Waals surface area contributed by atoms with Crippen LogP contribution in [0.25, 0.3) is 0 Å². The second-order valence-electron chi connectivity index (χ2n) is 7.33. The molecule has 1 amide bonds. The Hall–Kier alpha value is -3.01. The third kappa shape index (κ3) is 5.26. The summed E-state index contributed by atoms with van der Waals surface area (Å²) in [6, 6.07) is 22.2. The first kappa shape index (κ1) is 19.7. The van der Waals surface area contributed by atoms with Crippen molar-refractivity contribution in [2.24, 2.45) is 0 Å². The molecule has 0 spiro atoms. The topological polar surface area (TPSA) is 34.5 Å². The van der Waals surface area contributed by atoms with E-state index in [9.17, 15) is 4.79 Å². The van der Waals surface area contributed by atoms with Gasteiger partial charge in [0.25, 0.3) is 5.91 Å². The van der Waals surface area contributed by atoms with E-state index in [0.717, 1.165) is 12.2 Å². The van der Waals surface area contributed by atoms with Gasteiger partial charge in [-0.15, -0.1) is 0 Å². The fourth-order valence-corrected chi connectivity index (χ4v) is 3.23. The van der Waals surface area contributed by atoms with Crippen molar-refractivity contribution in [1.29, 1.82) is 0 Å². The molecule has 0 saturated carbocycles. The van der Waals surface area contributed by atoms with Crippen LogP contribution in [-0.4, -0.2) is 28.0 Å². The van der Waals surface area contributed by atoms with Crippen molar-refractivity contribution >= 4 is 5.91 Å². The summed E-state index contributed by atoms with van der Waals surface area (Å²) in [5, 5.41) is 0. The number of carbonyl (C=O) groups excluding carboxylic acids is 1. The highest BCUT2D eigenvalue weighted by Gasteiger charge is 2.19. The Morgan fingerprint density at radius 1 is 1.04 bits per heavy atom. The number of ether oxygens (including phenoxy) is 1. The van der Waals surface area contributed by atoms with Crippen molar-refractivity contribution in [2.45, 2.75) is 39.9 Å². The molecule has 0 bridgehead atoms. The minimum Gasteiger partial charge on any atom is -0.484 e. The summed E-state index contributed by atoms with van der Waals surface area (Å²) >= 11 is 0. The van der Waals surface area contributed by atoms with Crippen LogP contribution in [0.15, 0.2) is 72.9 Å². The Kier molecular flexibility index (Phi) is 6.53. The van der Waals surface area contributed by atoms with Crippen molar-refractivity contribution in [3.63, 3.8) is 0 Å². The van der Waals surface area contributed by atoms with E-state index in [4.69, 9.17) is 4.74 Å². The maximum Gasteiger partial charge on any atom is 0.261 e. The highest BCUT2D eigenvalue weighted by Crippen LogP contribution is 2.15. The lowest BCUT2D eigenvalue weighted by molar-refractivity contribution is -0.135. The molecule has 0 saturated heterocycles. The van der Waals surface area contributed by atoms with E-state index in [-0.39, 0.29) is 18.6 Å². The molecular formula is C24H28N2O2. The zero-order chi connectivity index (χ0) is 19.9. The van der Waals surface area contributed by atoms with Crippen LogP contribution in [-0.2, 0) is 17.9 Å². The number of hydrogen-bond donors (Lipinski definition) is 0. The molecule has 0 atom stereocenters. The Bertz CT molecular complexity index is 900. The molecule has 3 aromatic rings. The predicted octanol–water partition coefficient (Wildman–Crippen LogP) is 4.66. The summed E-state index contributed by atoms with van der Waals surface area (Å²) in [7, 11) is 0. The molecule has 4 heteroatoms. The first-order valence-corrected chi connectivity index (χ1v) is 9.70. The van der Waals surface area contributed by atoms with Gasteiger partial charge < -0.3 is 14.2 Å². The molecule has 0 radical (unpaired) electrons. The molecule has 4 nitrogen and oxygen atoms in total. The number of aryl methyl sites for hydroxylation is 1. The maximum atomic E-state index is 12.8. The summed E-state index contributed by atoms with van der Waals surface area (Å²) in [6.07, 6.45) is 2.07. The highest BCUT2D eigenvalue weighted by molar-refractivity contribution is 5.78. The van der Waals surface area contributed by atoms with Crippen LogP contribution in [0.2, 0.25) is 0 Å². The largest absolute Gasteiger partial charge is 0.484 e. The molecule has 28 heavy (non-hydrogen) atoms. The lowest BCUT2D eigenvalue weighted by Gasteiger charge is -2.27. The number of benzene rings is 2. The van der Waals surface area contributed by atoms with E-state index >= 15 is 0 Å². The fraction of sp³-hybridized carbons (Fsp3) is 0.292. The smallest absolute Gasteiger partial charge is 0.261 e. The average Bonchev–Trinajstić information content (AvgIpc) is 3.11. The van der Waals surface area contributed by atoms with E-state index in [1.54, 1.807) is 0 Å². The van der Waals surface area contributed by atoms with Crippen LogP contribution >= 0.6 is 0 Å². The monoisotopic (exact) mass is 376 g/mol. The van der Waals surface area contributed by atoms with Crippen LogP contribution in [0.5, 0.6) is 5.75 Å². The standard InChI is InChI=1S/C24H28N2O2/c1-19(2)26(24(27)18-28-23-12-5-4-6-13-23)17-22-11-8-14-25(22)16-21-10-7-9-20(3)15-21/h4-15,19H,16-18H2,1-3H3. The number of hydrogen-bond acceptors (Lipinski definition) is 2. The highest BCUT2D eigenvalue weighted by atomic mass is 16.5. The molecule has 1 heterocycles. The second kappa shape index (κ2) is 9.27. The molecule has 3 rings (SSSR count). The third-order valence-corrected chi connectivity index (χ3v) is 4.74. The first-order valence-electron chi connectivity index (χ1n) is 9.70. The van der Waals surface area contributed by atoms with Gasteiger partial charge in [0.15, 0.2) is 6.61 Å². The summed E-state index contributed by atoms with van der Waals surface area (Å²) < 4.78 is 7.86. The van der Waals surface area contributed by atoms with Crippen LogP contribution in [0.3, 0.4) is 0 Å². The first-order chi connectivity index (χ1) is 13.5. The molecule has 146 valence electrons. The lowest BCUT2D eigenvalue weighted by atomic mass is 10.1. The number of rotatable bonds is 8. The SMILES string of the molecule is Cc1cccc(Cn2cccc2CN(C(=O)COc2ccccc2)C(C)C)c1. The minimum atomic E-state index is -0.0119. The molecular weight excluding hydrogens is 348 g/mol. The fourth-order valence-electron chi connectivity index (χ4n) is 3.23. The van der Waals surface area contributed by atoms with E-state index in [2.05, 4.69) is 48.0 Å². The summed E-state index contributed by atoms with van der Waals surface area (Å²) in [4.78, 5) is 14.7. The van der Waals surface area contributed by atoms with Gasteiger partial charge in [-0.05, 0) is 50.6 Å².